The predicted molar refractivity (Wildman–Crippen MR) is 107 cm³/mol. The fourth-order valence-corrected chi connectivity index (χ4v) is 3.82. The quantitative estimate of drug-likeness (QED) is 0.482. The van der Waals surface area contributed by atoms with Crippen LogP contribution in [0.4, 0.5) is 21.7 Å². The summed E-state index contributed by atoms with van der Waals surface area (Å²) in [4.78, 5) is 6.77. The molecule has 0 unspecified atom stereocenters. The second-order valence-corrected chi connectivity index (χ2v) is 7.36. The van der Waals surface area contributed by atoms with Gasteiger partial charge in [0.1, 0.15) is 5.54 Å². The number of alkyl halides is 1. The van der Waals surface area contributed by atoms with E-state index in [1.54, 1.807) is 23.1 Å². The monoisotopic (exact) mass is 406 g/mol. The summed E-state index contributed by atoms with van der Waals surface area (Å²) >= 11 is 0. The lowest BCUT2D eigenvalue weighted by molar-refractivity contribution is 0.198. The molecule has 30 heavy (non-hydrogen) atoms. The first-order valence-corrected chi connectivity index (χ1v) is 9.54. The molecular formula is C19H19FN10. The molecule has 1 fully saturated rings. The highest BCUT2D eigenvalue weighted by atomic mass is 19.1. The van der Waals surface area contributed by atoms with Crippen molar-refractivity contribution in [2.24, 2.45) is 0 Å². The van der Waals surface area contributed by atoms with Crippen molar-refractivity contribution in [3.8, 4) is 6.07 Å². The molecule has 0 bridgehead atoms. The Morgan fingerprint density at radius 3 is 3.00 bits per heavy atom. The summed E-state index contributed by atoms with van der Waals surface area (Å²) in [5.74, 6) is 0.468. The van der Waals surface area contributed by atoms with E-state index in [-0.39, 0.29) is 0 Å². The minimum Gasteiger partial charge on any atom is -0.363 e. The van der Waals surface area contributed by atoms with Crippen molar-refractivity contribution in [1.82, 2.24) is 34.6 Å². The molecule has 4 aromatic heterocycles. The fourth-order valence-electron chi connectivity index (χ4n) is 3.82. The topological polar surface area (TPSA) is 116 Å². The molecule has 1 aliphatic heterocycles. The molecule has 1 aliphatic rings. The van der Waals surface area contributed by atoms with Gasteiger partial charge in [0, 0.05) is 38.1 Å². The first-order valence-electron chi connectivity index (χ1n) is 9.54. The number of fused-ring (bicyclic) bond motifs is 1. The van der Waals surface area contributed by atoms with E-state index < -0.39 is 12.2 Å². The predicted octanol–water partition coefficient (Wildman–Crippen LogP) is 2.03. The van der Waals surface area contributed by atoms with Gasteiger partial charge >= 0.3 is 0 Å². The van der Waals surface area contributed by atoms with Crippen LogP contribution < -0.4 is 10.2 Å². The van der Waals surface area contributed by atoms with Gasteiger partial charge in [0.2, 0.25) is 5.95 Å². The van der Waals surface area contributed by atoms with Gasteiger partial charge in [-0.25, -0.2) is 4.52 Å². The zero-order chi connectivity index (χ0) is 20.6. The summed E-state index contributed by atoms with van der Waals surface area (Å²) in [6.07, 6.45) is 9.39. The number of H-pyrrole nitrogens is 1. The van der Waals surface area contributed by atoms with Gasteiger partial charge in [-0.2, -0.15) is 20.4 Å². The van der Waals surface area contributed by atoms with E-state index in [2.05, 4.69) is 41.7 Å². The minimum atomic E-state index is -0.436. The highest BCUT2D eigenvalue weighted by Gasteiger charge is 2.46. The minimum absolute atomic E-state index is 0.323. The number of halogens is 1. The lowest BCUT2D eigenvalue weighted by Crippen LogP contribution is -2.63. The molecule has 5 rings (SSSR count). The van der Waals surface area contributed by atoms with E-state index >= 15 is 0 Å². The zero-order valence-corrected chi connectivity index (χ0v) is 16.0. The molecule has 0 aromatic carbocycles. The number of rotatable bonds is 7. The lowest BCUT2D eigenvalue weighted by Gasteiger charge is -2.50. The van der Waals surface area contributed by atoms with Crippen molar-refractivity contribution >= 4 is 23.0 Å². The van der Waals surface area contributed by atoms with Crippen molar-refractivity contribution in [3.05, 3.63) is 48.7 Å². The standard InChI is InChI=1S/C19H19FN10/c20-5-3-14-8-24-30(11-14)19(4-6-21)12-28(13-19)16-2-1-7-29-17(16)26-18(27-29)25-15-9-22-23-10-15/h1-2,7-11H,3-5,12-13H2,(H,22,23)(H,25,27). The molecule has 5 heterocycles. The van der Waals surface area contributed by atoms with Gasteiger partial charge in [0.05, 0.1) is 42.9 Å². The van der Waals surface area contributed by atoms with Crippen molar-refractivity contribution in [2.45, 2.75) is 18.4 Å². The van der Waals surface area contributed by atoms with Crippen LogP contribution >= 0.6 is 0 Å². The van der Waals surface area contributed by atoms with Gasteiger partial charge < -0.3 is 10.2 Å². The number of nitriles is 1. The Bertz CT molecular complexity index is 1200. The third-order valence-electron chi connectivity index (χ3n) is 5.32. The number of hydrogen-bond acceptors (Lipinski definition) is 7. The number of nitrogens with zero attached hydrogens (tertiary/aromatic N) is 8. The molecule has 0 saturated carbocycles. The van der Waals surface area contributed by atoms with Crippen molar-refractivity contribution in [1.29, 1.82) is 5.26 Å². The maximum Gasteiger partial charge on any atom is 0.247 e. The van der Waals surface area contributed by atoms with E-state index in [0.717, 1.165) is 16.9 Å². The number of hydrogen-bond donors (Lipinski definition) is 2. The smallest absolute Gasteiger partial charge is 0.247 e. The summed E-state index contributed by atoms with van der Waals surface area (Å²) in [5.41, 5.74) is 2.81. The van der Waals surface area contributed by atoms with E-state index in [1.165, 1.54) is 0 Å². The summed E-state index contributed by atoms with van der Waals surface area (Å²) in [7, 11) is 0. The van der Waals surface area contributed by atoms with E-state index in [9.17, 15) is 9.65 Å². The Balaban J connectivity index is 1.41. The van der Waals surface area contributed by atoms with Gasteiger partial charge in [0.15, 0.2) is 5.65 Å². The second kappa shape index (κ2) is 7.14. The molecule has 0 spiro atoms. The molecule has 1 saturated heterocycles. The van der Waals surface area contributed by atoms with Gasteiger partial charge in [-0.3, -0.25) is 14.2 Å². The lowest BCUT2D eigenvalue weighted by atomic mass is 9.86. The summed E-state index contributed by atoms with van der Waals surface area (Å²) in [5, 5.41) is 28.0. The average molecular weight is 406 g/mol. The van der Waals surface area contributed by atoms with Crippen LogP contribution in [0.2, 0.25) is 0 Å². The van der Waals surface area contributed by atoms with E-state index in [1.807, 2.05) is 29.2 Å². The van der Waals surface area contributed by atoms with Crippen LogP contribution in [0.1, 0.15) is 12.0 Å². The maximum absolute atomic E-state index is 12.7. The molecule has 0 amide bonds. The molecule has 0 aliphatic carbocycles. The SMILES string of the molecule is N#CCC1(n2cc(CCF)cn2)CN(c2cccn3nc(Nc4cn[nH]c4)nc23)C1. The average Bonchev–Trinajstić information content (AvgIpc) is 3.45. The number of anilines is 3. The molecule has 0 radical (unpaired) electrons. The van der Waals surface area contributed by atoms with Crippen LogP contribution in [-0.4, -0.2) is 54.3 Å². The van der Waals surface area contributed by atoms with E-state index in [4.69, 9.17) is 0 Å². The van der Waals surface area contributed by atoms with Gasteiger partial charge in [0.25, 0.3) is 0 Å². The highest BCUT2D eigenvalue weighted by Crippen LogP contribution is 2.37. The van der Waals surface area contributed by atoms with Gasteiger partial charge in [-0.1, -0.05) is 0 Å². The summed E-state index contributed by atoms with van der Waals surface area (Å²) < 4.78 is 16.2. The molecular weight excluding hydrogens is 387 g/mol. The number of aromatic nitrogens is 7. The summed E-state index contributed by atoms with van der Waals surface area (Å²) in [6.45, 7) is 0.787. The van der Waals surface area contributed by atoms with Crippen LogP contribution in [0.15, 0.2) is 43.1 Å². The highest BCUT2D eigenvalue weighted by molar-refractivity contribution is 5.72. The van der Waals surface area contributed by atoms with Crippen LogP contribution in [0.5, 0.6) is 0 Å². The molecule has 0 atom stereocenters. The third-order valence-corrected chi connectivity index (χ3v) is 5.32. The molecule has 10 nitrogen and oxygen atoms in total. The Morgan fingerprint density at radius 1 is 1.33 bits per heavy atom. The Labute approximate surface area is 170 Å². The number of aromatic amines is 1. The Morgan fingerprint density at radius 2 is 2.23 bits per heavy atom. The third kappa shape index (κ3) is 3.02. The fraction of sp³-hybridized carbons (Fsp3) is 0.316. The van der Waals surface area contributed by atoms with Crippen LogP contribution in [0.25, 0.3) is 5.65 Å². The zero-order valence-electron chi connectivity index (χ0n) is 16.0. The Kier molecular flexibility index (Phi) is 4.31. The van der Waals surface area contributed by atoms with Crippen LogP contribution in [0.3, 0.4) is 0 Å². The molecule has 4 aromatic rings. The van der Waals surface area contributed by atoms with Crippen molar-refractivity contribution < 1.29 is 4.39 Å². The number of pyridine rings is 1. The van der Waals surface area contributed by atoms with Crippen LogP contribution in [-0.2, 0) is 12.0 Å². The van der Waals surface area contributed by atoms with E-state index in [0.29, 0.717) is 37.5 Å². The number of nitrogens with one attached hydrogen (secondary N) is 2. The second-order valence-electron chi connectivity index (χ2n) is 7.36. The van der Waals surface area contributed by atoms with Crippen molar-refractivity contribution in [2.75, 3.05) is 30.0 Å². The molecule has 2 N–H and O–H groups in total. The Hall–Kier alpha value is -3.94. The largest absolute Gasteiger partial charge is 0.363 e. The van der Waals surface area contributed by atoms with Crippen molar-refractivity contribution in [3.63, 3.8) is 0 Å². The normalized spacial score (nSPS) is 15.1. The maximum atomic E-state index is 12.7. The molecule has 152 valence electrons. The first kappa shape index (κ1) is 18.1. The summed E-state index contributed by atoms with van der Waals surface area (Å²) in [6, 6.07) is 6.17. The van der Waals surface area contributed by atoms with Gasteiger partial charge in [-0.15, -0.1) is 5.10 Å². The first-order chi connectivity index (χ1) is 14.7. The number of aryl methyl sites for hydroxylation is 1. The van der Waals surface area contributed by atoms with Crippen LogP contribution in [0, 0.1) is 11.3 Å². The van der Waals surface area contributed by atoms with Gasteiger partial charge in [-0.05, 0) is 17.7 Å². The molecule has 11 heteroatoms.